The highest BCUT2D eigenvalue weighted by molar-refractivity contribution is 5.94. The zero-order valence-corrected chi connectivity index (χ0v) is 9.54. The molecule has 0 atom stereocenters. The molecule has 0 saturated heterocycles. The molecule has 0 unspecified atom stereocenters. The molecule has 0 spiro atoms. The second-order valence-corrected chi connectivity index (χ2v) is 3.47. The Morgan fingerprint density at radius 2 is 1.94 bits per heavy atom. The lowest BCUT2D eigenvalue weighted by atomic mass is 10.1. The number of esters is 1. The first-order valence-electron chi connectivity index (χ1n) is 5.04. The molecular formula is C12H11N3O2. The van der Waals surface area contributed by atoms with Crippen molar-refractivity contribution in [1.82, 2.24) is 15.0 Å². The molecule has 0 amide bonds. The molecule has 2 aromatic rings. The number of pyridine rings is 1. The van der Waals surface area contributed by atoms with Crippen LogP contribution in [0.1, 0.15) is 16.1 Å². The summed E-state index contributed by atoms with van der Waals surface area (Å²) in [7, 11) is 1.32. The normalized spacial score (nSPS) is 10.0. The molecule has 5 nitrogen and oxygen atoms in total. The van der Waals surface area contributed by atoms with Crippen LogP contribution in [-0.4, -0.2) is 28.0 Å². The van der Waals surface area contributed by atoms with E-state index in [4.69, 9.17) is 0 Å². The van der Waals surface area contributed by atoms with Gasteiger partial charge in [0.25, 0.3) is 0 Å². The van der Waals surface area contributed by atoms with Gasteiger partial charge in [0.2, 0.25) is 0 Å². The van der Waals surface area contributed by atoms with Gasteiger partial charge in [0.1, 0.15) is 0 Å². The number of nitrogens with zero attached hydrogens (tertiary/aromatic N) is 3. The van der Waals surface area contributed by atoms with Crippen molar-refractivity contribution >= 4 is 5.97 Å². The Morgan fingerprint density at radius 3 is 2.59 bits per heavy atom. The molecule has 5 heteroatoms. The zero-order valence-electron chi connectivity index (χ0n) is 9.54. The molecular weight excluding hydrogens is 218 g/mol. The summed E-state index contributed by atoms with van der Waals surface area (Å²) < 4.78 is 4.68. The van der Waals surface area contributed by atoms with Gasteiger partial charge in [0.15, 0.2) is 11.5 Å². The molecule has 0 N–H and O–H groups in total. The smallest absolute Gasteiger partial charge is 0.357 e. The van der Waals surface area contributed by atoms with E-state index in [1.54, 1.807) is 24.7 Å². The number of carbonyl (C=O) groups is 1. The van der Waals surface area contributed by atoms with Crippen molar-refractivity contribution in [2.24, 2.45) is 0 Å². The van der Waals surface area contributed by atoms with Gasteiger partial charge in [-0.1, -0.05) is 0 Å². The minimum atomic E-state index is -0.493. The van der Waals surface area contributed by atoms with E-state index in [2.05, 4.69) is 19.7 Å². The van der Waals surface area contributed by atoms with E-state index in [1.807, 2.05) is 13.0 Å². The quantitative estimate of drug-likeness (QED) is 0.732. The van der Waals surface area contributed by atoms with Gasteiger partial charge in [0, 0.05) is 18.6 Å². The van der Waals surface area contributed by atoms with Crippen LogP contribution in [0.5, 0.6) is 0 Å². The van der Waals surface area contributed by atoms with E-state index in [0.717, 1.165) is 5.56 Å². The molecule has 0 saturated carbocycles. The van der Waals surface area contributed by atoms with Crippen LogP contribution in [-0.2, 0) is 4.74 Å². The van der Waals surface area contributed by atoms with Gasteiger partial charge < -0.3 is 4.74 Å². The third kappa shape index (κ3) is 2.28. The monoisotopic (exact) mass is 229 g/mol. The van der Waals surface area contributed by atoms with Gasteiger partial charge in [-0.2, -0.15) is 0 Å². The lowest BCUT2D eigenvalue weighted by Crippen LogP contribution is -2.07. The second kappa shape index (κ2) is 4.69. The molecule has 0 aliphatic carbocycles. The highest BCUT2D eigenvalue weighted by Gasteiger charge is 2.16. The lowest BCUT2D eigenvalue weighted by molar-refractivity contribution is 0.0595. The number of aromatic nitrogens is 3. The molecule has 0 bridgehead atoms. The molecule has 2 aromatic heterocycles. The van der Waals surface area contributed by atoms with Crippen molar-refractivity contribution in [1.29, 1.82) is 0 Å². The number of hydrogen-bond donors (Lipinski definition) is 0. The molecule has 0 aliphatic rings. The number of ether oxygens (including phenoxy) is 1. The zero-order chi connectivity index (χ0) is 12.3. The number of hydrogen-bond acceptors (Lipinski definition) is 5. The van der Waals surface area contributed by atoms with E-state index in [0.29, 0.717) is 11.4 Å². The maximum absolute atomic E-state index is 11.6. The average molecular weight is 229 g/mol. The SMILES string of the molecule is COC(=O)c1ncc(C)cc1-c1ncccn1. The number of aryl methyl sites for hydroxylation is 1. The summed E-state index contributed by atoms with van der Waals surface area (Å²) in [5.41, 5.74) is 1.74. The van der Waals surface area contributed by atoms with Crippen molar-refractivity contribution in [3.8, 4) is 11.4 Å². The van der Waals surface area contributed by atoms with Crippen LogP contribution < -0.4 is 0 Å². The summed E-state index contributed by atoms with van der Waals surface area (Å²) in [6.45, 7) is 1.89. The van der Waals surface area contributed by atoms with Crippen LogP contribution in [0, 0.1) is 6.92 Å². The summed E-state index contributed by atoms with van der Waals surface area (Å²) >= 11 is 0. The van der Waals surface area contributed by atoms with Crippen LogP contribution in [0.15, 0.2) is 30.7 Å². The largest absolute Gasteiger partial charge is 0.464 e. The topological polar surface area (TPSA) is 65.0 Å². The minimum absolute atomic E-state index is 0.226. The lowest BCUT2D eigenvalue weighted by Gasteiger charge is -2.06. The van der Waals surface area contributed by atoms with Crippen molar-refractivity contribution in [2.45, 2.75) is 6.92 Å². The highest BCUT2D eigenvalue weighted by Crippen LogP contribution is 2.19. The average Bonchev–Trinajstić information content (AvgIpc) is 2.39. The maximum atomic E-state index is 11.6. The van der Waals surface area contributed by atoms with Gasteiger partial charge >= 0.3 is 5.97 Å². The fraction of sp³-hybridized carbons (Fsp3) is 0.167. The molecule has 2 heterocycles. The first-order chi connectivity index (χ1) is 8.22. The first kappa shape index (κ1) is 11.2. The Hall–Kier alpha value is -2.30. The Morgan fingerprint density at radius 1 is 1.24 bits per heavy atom. The van der Waals surface area contributed by atoms with Crippen LogP contribution >= 0.6 is 0 Å². The predicted octanol–water partition coefficient (Wildman–Crippen LogP) is 1.63. The van der Waals surface area contributed by atoms with Gasteiger partial charge in [-0.25, -0.2) is 19.7 Å². The molecule has 0 radical (unpaired) electrons. The van der Waals surface area contributed by atoms with E-state index >= 15 is 0 Å². The Kier molecular flexibility index (Phi) is 3.09. The highest BCUT2D eigenvalue weighted by atomic mass is 16.5. The molecule has 0 aliphatic heterocycles. The van der Waals surface area contributed by atoms with Crippen molar-refractivity contribution < 1.29 is 9.53 Å². The summed E-state index contributed by atoms with van der Waals surface area (Å²) in [6.07, 6.45) is 4.84. The first-order valence-corrected chi connectivity index (χ1v) is 5.04. The molecule has 17 heavy (non-hydrogen) atoms. The number of carbonyl (C=O) groups excluding carboxylic acids is 1. The standard InChI is InChI=1S/C12H11N3O2/c1-8-6-9(11-13-4-3-5-14-11)10(15-7-8)12(16)17-2/h3-7H,1-2H3. The van der Waals surface area contributed by atoms with Gasteiger partial charge in [-0.3, -0.25) is 0 Å². The summed E-state index contributed by atoms with van der Waals surface area (Å²) in [5.74, 6) is -0.0310. The fourth-order valence-electron chi connectivity index (χ4n) is 1.44. The number of rotatable bonds is 2. The summed E-state index contributed by atoms with van der Waals surface area (Å²) in [6, 6.07) is 3.53. The number of methoxy groups -OCH3 is 1. The predicted molar refractivity (Wildman–Crippen MR) is 61.3 cm³/mol. The van der Waals surface area contributed by atoms with Crippen LogP contribution in [0.4, 0.5) is 0 Å². The Labute approximate surface area is 98.5 Å². The van der Waals surface area contributed by atoms with Crippen molar-refractivity contribution in [2.75, 3.05) is 7.11 Å². The summed E-state index contributed by atoms with van der Waals surface area (Å²) in [4.78, 5) is 23.9. The third-order valence-electron chi connectivity index (χ3n) is 2.21. The Balaban J connectivity index is 2.59. The van der Waals surface area contributed by atoms with Gasteiger partial charge in [0.05, 0.1) is 12.7 Å². The molecule has 86 valence electrons. The van der Waals surface area contributed by atoms with Crippen LogP contribution in [0.25, 0.3) is 11.4 Å². The molecule has 0 aromatic carbocycles. The van der Waals surface area contributed by atoms with Crippen LogP contribution in [0.2, 0.25) is 0 Å². The van der Waals surface area contributed by atoms with Gasteiger partial charge in [-0.05, 0) is 24.6 Å². The van der Waals surface area contributed by atoms with E-state index in [9.17, 15) is 4.79 Å². The summed E-state index contributed by atoms with van der Waals surface area (Å²) in [5, 5.41) is 0. The third-order valence-corrected chi connectivity index (χ3v) is 2.21. The fourth-order valence-corrected chi connectivity index (χ4v) is 1.44. The van der Waals surface area contributed by atoms with E-state index in [1.165, 1.54) is 7.11 Å². The molecule has 2 rings (SSSR count). The maximum Gasteiger partial charge on any atom is 0.357 e. The van der Waals surface area contributed by atoms with E-state index in [-0.39, 0.29) is 5.69 Å². The van der Waals surface area contributed by atoms with Gasteiger partial charge in [-0.15, -0.1) is 0 Å². The van der Waals surface area contributed by atoms with Crippen LogP contribution in [0.3, 0.4) is 0 Å². The minimum Gasteiger partial charge on any atom is -0.464 e. The molecule has 0 fully saturated rings. The van der Waals surface area contributed by atoms with Crippen molar-refractivity contribution in [3.05, 3.63) is 42.0 Å². The van der Waals surface area contributed by atoms with E-state index < -0.39 is 5.97 Å². The van der Waals surface area contributed by atoms with Crippen molar-refractivity contribution in [3.63, 3.8) is 0 Å². The second-order valence-electron chi connectivity index (χ2n) is 3.47. The Bertz CT molecular complexity index is 541.